The van der Waals surface area contributed by atoms with Crippen molar-refractivity contribution < 1.29 is 0 Å². The predicted octanol–water partition coefficient (Wildman–Crippen LogP) is 2.40. The zero-order chi connectivity index (χ0) is 8.74. The minimum absolute atomic E-state index is 0.522. The van der Waals surface area contributed by atoms with Crippen LogP contribution < -0.4 is 0 Å². The molecule has 0 unspecified atom stereocenters. The molecule has 0 aliphatic rings. The summed E-state index contributed by atoms with van der Waals surface area (Å²) < 4.78 is 0. The SMILES string of the molecule is CC/C=C/CC(C)(C#N)C#N. The Hall–Kier alpha value is -1.28. The van der Waals surface area contributed by atoms with E-state index < -0.39 is 5.41 Å². The van der Waals surface area contributed by atoms with E-state index >= 15 is 0 Å². The van der Waals surface area contributed by atoms with Crippen LogP contribution in [0.3, 0.4) is 0 Å². The van der Waals surface area contributed by atoms with Crippen molar-refractivity contribution in [2.45, 2.75) is 26.7 Å². The van der Waals surface area contributed by atoms with Gasteiger partial charge in [-0.25, -0.2) is 0 Å². The highest BCUT2D eigenvalue weighted by Gasteiger charge is 2.20. The second-order valence-electron chi connectivity index (χ2n) is 2.64. The fraction of sp³-hybridized carbons (Fsp3) is 0.556. The van der Waals surface area contributed by atoms with Crippen LogP contribution in [-0.4, -0.2) is 0 Å². The fourth-order valence-corrected chi connectivity index (χ4v) is 0.602. The zero-order valence-electron chi connectivity index (χ0n) is 6.96. The summed E-state index contributed by atoms with van der Waals surface area (Å²) >= 11 is 0. The first kappa shape index (κ1) is 9.72. The first-order valence-electron chi connectivity index (χ1n) is 3.66. The number of nitriles is 2. The molecule has 0 amide bonds. The molecule has 0 spiro atoms. The molecule has 0 heterocycles. The highest BCUT2D eigenvalue weighted by atomic mass is 14.4. The normalized spacial score (nSPS) is 10.9. The average molecular weight is 148 g/mol. The average Bonchev–Trinajstić information content (AvgIpc) is 2.05. The van der Waals surface area contributed by atoms with Crippen molar-refractivity contribution in [1.29, 1.82) is 10.5 Å². The number of rotatable bonds is 3. The van der Waals surface area contributed by atoms with Crippen LogP contribution in [0.1, 0.15) is 26.7 Å². The lowest BCUT2D eigenvalue weighted by Crippen LogP contribution is -2.08. The van der Waals surface area contributed by atoms with Gasteiger partial charge in [0, 0.05) is 0 Å². The van der Waals surface area contributed by atoms with E-state index in [1.165, 1.54) is 0 Å². The largest absolute Gasteiger partial charge is 0.197 e. The molecule has 2 heteroatoms. The molecule has 0 aromatic rings. The summed E-state index contributed by atoms with van der Waals surface area (Å²) in [5.74, 6) is 0. The maximum atomic E-state index is 8.58. The van der Waals surface area contributed by atoms with Crippen molar-refractivity contribution in [2.75, 3.05) is 0 Å². The standard InChI is InChI=1S/C9H12N2/c1-3-4-5-6-9(2,7-10)8-11/h4-5H,3,6H2,1-2H3/b5-4+. The van der Waals surface area contributed by atoms with Gasteiger partial charge in [-0.05, 0) is 19.8 Å². The highest BCUT2D eigenvalue weighted by molar-refractivity contribution is 5.13. The van der Waals surface area contributed by atoms with Gasteiger partial charge >= 0.3 is 0 Å². The lowest BCUT2D eigenvalue weighted by atomic mass is 9.90. The van der Waals surface area contributed by atoms with Gasteiger partial charge < -0.3 is 0 Å². The van der Waals surface area contributed by atoms with Crippen LogP contribution in [0.5, 0.6) is 0 Å². The topological polar surface area (TPSA) is 47.6 Å². The molecule has 0 rings (SSSR count). The maximum absolute atomic E-state index is 8.58. The van der Waals surface area contributed by atoms with Gasteiger partial charge in [0.05, 0.1) is 12.1 Å². The van der Waals surface area contributed by atoms with E-state index in [0.717, 1.165) is 6.42 Å². The Kier molecular flexibility index (Phi) is 4.00. The molecule has 0 saturated carbocycles. The lowest BCUT2D eigenvalue weighted by molar-refractivity contribution is 0.594. The van der Waals surface area contributed by atoms with Gasteiger partial charge in [-0.3, -0.25) is 0 Å². The Labute approximate surface area is 67.8 Å². The molecule has 0 radical (unpaired) electrons. The smallest absolute Gasteiger partial charge is 0.144 e. The van der Waals surface area contributed by atoms with E-state index in [1.807, 2.05) is 31.2 Å². The molecule has 0 aliphatic carbocycles. The van der Waals surface area contributed by atoms with Gasteiger partial charge in [0.2, 0.25) is 0 Å². The summed E-state index contributed by atoms with van der Waals surface area (Å²) in [5.41, 5.74) is -0.842. The van der Waals surface area contributed by atoms with Crippen LogP contribution in [0.25, 0.3) is 0 Å². The minimum atomic E-state index is -0.842. The fourth-order valence-electron chi connectivity index (χ4n) is 0.602. The van der Waals surface area contributed by atoms with Gasteiger partial charge in [0.15, 0.2) is 0 Å². The monoisotopic (exact) mass is 148 g/mol. The van der Waals surface area contributed by atoms with Crippen LogP contribution in [0.15, 0.2) is 12.2 Å². The molecular formula is C9H12N2. The van der Waals surface area contributed by atoms with Gasteiger partial charge in [-0.15, -0.1) is 0 Å². The zero-order valence-corrected chi connectivity index (χ0v) is 6.96. The Morgan fingerprint density at radius 3 is 2.18 bits per heavy atom. The Morgan fingerprint density at radius 2 is 1.82 bits per heavy atom. The summed E-state index contributed by atoms with van der Waals surface area (Å²) in [6, 6.07) is 3.95. The van der Waals surface area contributed by atoms with Crippen LogP contribution in [0.4, 0.5) is 0 Å². The van der Waals surface area contributed by atoms with Gasteiger partial charge in [-0.1, -0.05) is 19.1 Å². The van der Waals surface area contributed by atoms with Gasteiger partial charge in [0.25, 0.3) is 0 Å². The third kappa shape index (κ3) is 3.43. The molecule has 0 aromatic carbocycles. The summed E-state index contributed by atoms with van der Waals surface area (Å²) in [5, 5.41) is 17.2. The number of hydrogen-bond donors (Lipinski definition) is 0. The predicted molar refractivity (Wildman–Crippen MR) is 43.4 cm³/mol. The van der Waals surface area contributed by atoms with E-state index in [4.69, 9.17) is 10.5 Å². The van der Waals surface area contributed by atoms with Crippen molar-refractivity contribution in [2.24, 2.45) is 5.41 Å². The van der Waals surface area contributed by atoms with E-state index in [9.17, 15) is 0 Å². The summed E-state index contributed by atoms with van der Waals surface area (Å²) in [4.78, 5) is 0. The molecule has 0 aliphatic heterocycles. The Balaban J connectivity index is 4.05. The van der Waals surface area contributed by atoms with Crippen molar-refractivity contribution >= 4 is 0 Å². The van der Waals surface area contributed by atoms with Crippen LogP contribution >= 0.6 is 0 Å². The summed E-state index contributed by atoms with van der Waals surface area (Å²) in [6.45, 7) is 3.67. The first-order chi connectivity index (χ1) is 5.18. The molecule has 2 nitrogen and oxygen atoms in total. The van der Waals surface area contributed by atoms with Gasteiger partial charge in [0.1, 0.15) is 5.41 Å². The van der Waals surface area contributed by atoms with Gasteiger partial charge in [-0.2, -0.15) is 10.5 Å². The molecule has 0 atom stereocenters. The van der Waals surface area contributed by atoms with Crippen molar-refractivity contribution in [1.82, 2.24) is 0 Å². The minimum Gasteiger partial charge on any atom is -0.197 e. The molecular weight excluding hydrogens is 136 g/mol. The van der Waals surface area contributed by atoms with Crippen molar-refractivity contribution in [3.63, 3.8) is 0 Å². The quantitative estimate of drug-likeness (QED) is 0.577. The third-order valence-corrected chi connectivity index (χ3v) is 1.42. The molecule has 0 fully saturated rings. The van der Waals surface area contributed by atoms with Crippen LogP contribution in [0.2, 0.25) is 0 Å². The number of nitrogens with zero attached hydrogens (tertiary/aromatic N) is 2. The van der Waals surface area contributed by atoms with Crippen molar-refractivity contribution in [3.05, 3.63) is 12.2 Å². The first-order valence-corrected chi connectivity index (χ1v) is 3.66. The van der Waals surface area contributed by atoms with Crippen molar-refractivity contribution in [3.8, 4) is 12.1 Å². The molecule has 11 heavy (non-hydrogen) atoms. The van der Waals surface area contributed by atoms with E-state index in [2.05, 4.69) is 0 Å². The third-order valence-electron chi connectivity index (χ3n) is 1.42. The highest BCUT2D eigenvalue weighted by Crippen LogP contribution is 2.18. The molecule has 0 N–H and O–H groups in total. The second-order valence-corrected chi connectivity index (χ2v) is 2.64. The van der Waals surface area contributed by atoms with Crippen LogP contribution in [-0.2, 0) is 0 Å². The number of hydrogen-bond acceptors (Lipinski definition) is 2. The Morgan fingerprint density at radius 1 is 1.27 bits per heavy atom. The van der Waals surface area contributed by atoms with Crippen LogP contribution in [0, 0.1) is 28.1 Å². The number of allylic oxidation sites excluding steroid dienone is 2. The molecule has 0 aromatic heterocycles. The van der Waals surface area contributed by atoms with E-state index in [-0.39, 0.29) is 0 Å². The van der Waals surface area contributed by atoms with E-state index in [0.29, 0.717) is 6.42 Å². The molecule has 0 saturated heterocycles. The second kappa shape index (κ2) is 4.52. The molecule has 58 valence electrons. The maximum Gasteiger partial charge on any atom is 0.144 e. The lowest BCUT2D eigenvalue weighted by Gasteiger charge is -2.06. The summed E-state index contributed by atoms with van der Waals surface area (Å²) in [6.07, 6.45) is 5.32. The van der Waals surface area contributed by atoms with E-state index in [1.54, 1.807) is 6.92 Å². The summed E-state index contributed by atoms with van der Waals surface area (Å²) in [7, 11) is 0. The Bertz CT molecular complexity index is 201. The molecule has 0 bridgehead atoms.